The molecule has 4 aromatic rings. The molecule has 0 amide bonds. The van der Waals surface area contributed by atoms with Gasteiger partial charge in [-0.2, -0.15) is 9.97 Å². The van der Waals surface area contributed by atoms with Crippen LogP contribution in [0.15, 0.2) is 30.3 Å². The number of hydrogen-bond donors (Lipinski definition) is 2. The number of likely N-dealkylation sites (N-methyl/N-ethyl adjacent to an activating group) is 1. The van der Waals surface area contributed by atoms with Gasteiger partial charge in [-0.25, -0.2) is 13.2 Å². The van der Waals surface area contributed by atoms with E-state index in [1.54, 1.807) is 0 Å². The van der Waals surface area contributed by atoms with Gasteiger partial charge >= 0.3 is 6.01 Å². The molecule has 1 aromatic heterocycles. The number of aromatic nitrogens is 2. The van der Waals surface area contributed by atoms with E-state index >= 15 is 8.78 Å². The van der Waals surface area contributed by atoms with Crippen molar-refractivity contribution in [1.29, 1.82) is 0 Å². The van der Waals surface area contributed by atoms with E-state index in [1.807, 2.05) is 0 Å². The van der Waals surface area contributed by atoms with Crippen LogP contribution in [0.4, 0.5) is 19.0 Å². The van der Waals surface area contributed by atoms with E-state index in [9.17, 15) is 9.50 Å². The van der Waals surface area contributed by atoms with Crippen molar-refractivity contribution in [3.63, 3.8) is 0 Å². The highest BCUT2D eigenvalue weighted by Gasteiger charge is 2.45. The largest absolute Gasteiger partial charge is 0.508 e. The molecule has 3 saturated heterocycles. The highest BCUT2D eigenvalue weighted by atomic mass is 19.1. The number of phenolic OH excluding ortho intramolecular Hbond substituents is 1. The summed E-state index contributed by atoms with van der Waals surface area (Å²) in [4.78, 5) is 16.2. The number of aromatic hydroxyl groups is 1. The van der Waals surface area contributed by atoms with Gasteiger partial charge in [0.2, 0.25) is 0 Å². The van der Waals surface area contributed by atoms with E-state index in [1.165, 1.54) is 30.3 Å². The summed E-state index contributed by atoms with van der Waals surface area (Å²) in [6.45, 7) is 6.68. The fraction of sp³-hybridized carbons (Fsp3) is 0.444. The van der Waals surface area contributed by atoms with Crippen molar-refractivity contribution in [1.82, 2.24) is 25.1 Å². The maximum absolute atomic E-state index is 16.9. The van der Waals surface area contributed by atoms with E-state index < -0.39 is 23.0 Å². The van der Waals surface area contributed by atoms with Crippen LogP contribution in [0.1, 0.15) is 31.2 Å². The lowest BCUT2D eigenvalue weighted by atomic mass is 9.92. The summed E-state index contributed by atoms with van der Waals surface area (Å²) >= 11 is 0. The van der Waals surface area contributed by atoms with Gasteiger partial charge in [-0.05, 0) is 62.4 Å². The Labute approximate surface area is 271 Å². The number of nitrogens with zero attached hydrogens (tertiary/aromatic N) is 5. The number of rotatable bonds is 7. The molecule has 2 bridgehead atoms. The third kappa shape index (κ3) is 5.52. The first kappa shape index (κ1) is 30.2. The van der Waals surface area contributed by atoms with Gasteiger partial charge in [0.1, 0.15) is 28.7 Å². The fourth-order valence-corrected chi connectivity index (χ4v) is 7.67. The SMILES string of the molecule is C#Cc1c(F)ccc2cc(O)cc(-c3c(F)cc4c(N5CC6CCC(C5)N6)nc(OCC5(CN6CCN(C)CC6)CC5)nc4c3F)c12. The molecule has 2 N–H and O–H groups in total. The van der Waals surface area contributed by atoms with Crippen molar-refractivity contribution < 1.29 is 23.0 Å². The third-order valence-corrected chi connectivity index (χ3v) is 10.4. The molecule has 3 aliphatic heterocycles. The highest BCUT2D eigenvalue weighted by Crippen LogP contribution is 2.47. The summed E-state index contributed by atoms with van der Waals surface area (Å²) in [7, 11) is 2.14. The molecule has 1 saturated carbocycles. The zero-order valence-corrected chi connectivity index (χ0v) is 26.3. The van der Waals surface area contributed by atoms with Crippen LogP contribution in [0, 0.1) is 35.2 Å². The van der Waals surface area contributed by atoms with Gasteiger partial charge in [0, 0.05) is 79.6 Å². The Morgan fingerprint density at radius 1 is 1.02 bits per heavy atom. The number of piperazine rings is 2. The smallest absolute Gasteiger partial charge is 0.319 e. The molecule has 1 aliphatic carbocycles. The Morgan fingerprint density at radius 3 is 2.47 bits per heavy atom. The maximum atomic E-state index is 16.9. The predicted molar refractivity (Wildman–Crippen MR) is 175 cm³/mol. The Morgan fingerprint density at radius 2 is 1.77 bits per heavy atom. The number of halogens is 3. The number of phenols is 1. The molecule has 244 valence electrons. The molecule has 8 rings (SSSR count). The van der Waals surface area contributed by atoms with E-state index in [4.69, 9.17) is 16.1 Å². The van der Waals surface area contributed by atoms with Gasteiger partial charge in [0.05, 0.1) is 17.7 Å². The number of fused-ring (bicyclic) bond motifs is 4. The molecule has 0 spiro atoms. The summed E-state index contributed by atoms with van der Waals surface area (Å²) in [5.74, 6) is -0.0398. The van der Waals surface area contributed by atoms with Crippen LogP contribution in [0.2, 0.25) is 0 Å². The minimum atomic E-state index is -0.954. The molecule has 4 heterocycles. The normalized spacial score (nSPS) is 22.6. The Balaban J connectivity index is 1.23. The molecular formula is C36H37F3N6O2. The van der Waals surface area contributed by atoms with Gasteiger partial charge in [-0.1, -0.05) is 12.0 Å². The second-order valence-corrected chi connectivity index (χ2v) is 13.8. The van der Waals surface area contributed by atoms with E-state index in [-0.39, 0.29) is 56.7 Å². The quantitative estimate of drug-likeness (QED) is 0.276. The summed E-state index contributed by atoms with van der Waals surface area (Å²) in [5.41, 5.74) is -0.770. The first-order chi connectivity index (χ1) is 22.7. The van der Waals surface area contributed by atoms with Crippen molar-refractivity contribution in [2.75, 3.05) is 64.4 Å². The monoisotopic (exact) mass is 642 g/mol. The first-order valence-electron chi connectivity index (χ1n) is 16.4. The zero-order valence-electron chi connectivity index (χ0n) is 26.3. The highest BCUT2D eigenvalue weighted by molar-refractivity contribution is 6.04. The standard InChI is InChI=1S/C36H37F3N6O2/c1-3-25-28(37)7-4-21-14-24(46)15-26(30(21)25)31-29(38)16-27-33(32(31)39)41-35(42-34(27)45-17-22-5-6-23(18-45)40-22)47-20-36(8-9-36)19-44-12-10-43(2)11-13-44/h1,4,7,14-16,22-23,40,46H,5-6,8-13,17-20H2,2H3. The lowest BCUT2D eigenvalue weighted by Crippen LogP contribution is -2.51. The summed E-state index contributed by atoms with van der Waals surface area (Å²) in [6.07, 6.45) is 9.77. The topological polar surface area (TPSA) is 77.0 Å². The van der Waals surface area contributed by atoms with E-state index in [2.05, 4.69) is 38.0 Å². The number of hydrogen-bond acceptors (Lipinski definition) is 8. The van der Waals surface area contributed by atoms with Gasteiger partial charge in [-0.15, -0.1) is 6.42 Å². The molecule has 2 unspecified atom stereocenters. The minimum absolute atomic E-state index is 0.00871. The first-order valence-corrected chi connectivity index (χ1v) is 16.4. The molecule has 4 fully saturated rings. The van der Waals surface area contributed by atoms with Crippen molar-refractivity contribution in [3.8, 4) is 35.2 Å². The second-order valence-electron chi connectivity index (χ2n) is 13.8. The minimum Gasteiger partial charge on any atom is -0.508 e. The lowest BCUT2D eigenvalue weighted by Gasteiger charge is -2.35. The average molecular weight is 643 g/mol. The molecule has 3 aromatic carbocycles. The van der Waals surface area contributed by atoms with Crippen LogP contribution in [-0.4, -0.2) is 96.4 Å². The van der Waals surface area contributed by atoms with Gasteiger partial charge in [-0.3, -0.25) is 0 Å². The van der Waals surface area contributed by atoms with Crippen molar-refractivity contribution in [3.05, 3.63) is 53.3 Å². The van der Waals surface area contributed by atoms with Crippen molar-refractivity contribution in [2.45, 2.75) is 37.8 Å². The lowest BCUT2D eigenvalue weighted by molar-refractivity contribution is 0.107. The predicted octanol–water partition coefficient (Wildman–Crippen LogP) is 4.90. The molecule has 2 atom stereocenters. The fourth-order valence-electron chi connectivity index (χ4n) is 7.67. The average Bonchev–Trinajstić information content (AvgIpc) is 3.74. The van der Waals surface area contributed by atoms with Crippen LogP contribution < -0.4 is 15.0 Å². The third-order valence-electron chi connectivity index (χ3n) is 10.4. The van der Waals surface area contributed by atoms with Gasteiger partial charge in [0.25, 0.3) is 0 Å². The van der Waals surface area contributed by atoms with Gasteiger partial charge in [0.15, 0.2) is 5.82 Å². The second kappa shape index (κ2) is 11.5. The summed E-state index contributed by atoms with van der Waals surface area (Å²) < 4.78 is 54.3. The Hall–Kier alpha value is -4.11. The van der Waals surface area contributed by atoms with Crippen molar-refractivity contribution >= 4 is 27.5 Å². The number of anilines is 1. The number of nitrogens with one attached hydrogen (secondary N) is 1. The van der Waals surface area contributed by atoms with Crippen molar-refractivity contribution in [2.24, 2.45) is 5.41 Å². The molecule has 0 radical (unpaired) electrons. The van der Waals surface area contributed by atoms with Crippen LogP contribution in [0.25, 0.3) is 32.8 Å². The Kier molecular flexibility index (Phi) is 7.43. The van der Waals surface area contributed by atoms with E-state index in [0.29, 0.717) is 30.9 Å². The molecule has 11 heteroatoms. The Bertz CT molecular complexity index is 1920. The van der Waals surface area contributed by atoms with Crippen LogP contribution >= 0.6 is 0 Å². The maximum Gasteiger partial charge on any atom is 0.319 e. The summed E-state index contributed by atoms with van der Waals surface area (Å²) in [6, 6.07) is 6.97. The van der Waals surface area contributed by atoms with Crippen LogP contribution in [-0.2, 0) is 0 Å². The molecule has 4 aliphatic rings. The molecular weight excluding hydrogens is 605 g/mol. The number of ether oxygens (including phenoxy) is 1. The van der Waals surface area contributed by atoms with Gasteiger partial charge < -0.3 is 29.9 Å². The number of benzene rings is 3. The summed E-state index contributed by atoms with van der Waals surface area (Å²) in [5, 5.41) is 14.8. The zero-order chi connectivity index (χ0) is 32.4. The van der Waals surface area contributed by atoms with Crippen LogP contribution in [0.5, 0.6) is 11.8 Å². The van der Waals surface area contributed by atoms with E-state index in [0.717, 1.165) is 58.4 Å². The molecule has 47 heavy (non-hydrogen) atoms. The van der Waals surface area contributed by atoms with Crippen LogP contribution in [0.3, 0.4) is 0 Å². The number of terminal acetylenes is 1. The molecule has 8 nitrogen and oxygen atoms in total.